The number of hydrogen-bond donors (Lipinski definition) is 1. The van der Waals surface area contributed by atoms with E-state index in [0.29, 0.717) is 50.4 Å². The smallest absolute Gasteiger partial charge is 0.274 e. The van der Waals surface area contributed by atoms with E-state index in [9.17, 15) is 14.4 Å². The molecule has 0 bridgehead atoms. The van der Waals surface area contributed by atoms with E-state index in [-0.39, 0.29) is 23.3 Å². The number of hydrogen-bond acceptors (Lipinski definition) is 6. The molecule has 10 heteroatoms. The predicted molar refractivity (Wildman–Crippen MR) is 110 cm³/mol. The van der Waals surface area contributed by atoms with Crippen molar-refractivity contribution in [2.75, 3.05) is 26.2 Å². The molecule has 1 spiro atoms. The Morgan fingerprint density at radius 3 is 2.42 bits per heavy atom. The lowest BCUT2D eigenvalue weighted by molar-refractivity contribution is -0.135. The number of likely N-dealkylation sites (tertiary alicyclic amines) is 2. The van der Waals surface area contributed by atoms with Crippen LogP contribution in [-0.2, 0) is 34.4 Å². The third-order valence-corrected chi connectivity index (χ3v) is 7.00. The van der Waals surface area contributed by atoms with E-state index in [2.05, 4.69) is 15.6 Å². The van der Waals surface area contributed by atoms with Crippen LogP contribution in [0.2, 0.25) is 0 Å². The molecule has 2 fully saturated rings. The van der Waals surface area contributed by atoms with Crippen LogP contribution in [-0.4, -0.2) is 74.8 Å². The molecule has 0 aliphatic carbocycles. The normalized spacial score (nSPS) is 22.9. The van der Waals surface area contributed by atoms with Crippen molar-refractivity contribution in [2.24, 2.45) is 12.1 Å². The van der Waals surface area contributed by atoms with Gasteiger partial charge in [0.15, 0.2) is 5.69 Å². The molecule has 4 aliphatic heterocycles. The Labute approximate surface area is 180 Å². The molecule has 1 aromatic heterocycles. The molecule has 0 aromatic carbocycles. The third kappa shape index (κ3) is 3.62. The van der Waals surface area contributed by atoms with Crippen LogP contribution in [0.15, 0.2) is 5.10 Å². The average Bonchev–Trinajstić information content (AvgIpc) is 3.43. The minimum Gasteiger partial charge on any atom is -0.370 e. The highest BCUT2D eigenvalue weighted by molar-refractivity contribution is 6.39. The first-order valence-corrected chi connectivity index (χ1v) is 11.1. The quantitative estimate of drug-likeness (QED) is 0.731. The molecule has 0 saturated carbocycles. The monoisotopic (exact) mass is 428 g/mol. The van der Waals surface area contributed by atoms with Gasteiger partial charge in [-0.3, -0.25) is 19.1 Å². The Kier molecular flexibility index (Phi) is 5.04. The number of carbonyl (C=O) groups is 3. The number of rotatable bonds is 2. The van der Waals surface area contributed by atoms with Crippen LogP contribution >= 0.6 is 0 Å². The number of aromatic nitrogens is 2. The minimum atomic E-state index is -0.339. The standard InChI is InChI=1S/C21H28N6O4/c1-25-16-12-21(31-13-14(16)18(24-25)20(30)26-8-2-3-9-26)6-10-27(11-7-21)19(29)15-4-5-17(28)23-22-15/h2-13H2,1H3,(H,23,28). The van der Waals surface area contributed by atoms with Crippen LogP contribution in [0.4, 0.5) is 0 Å². The van der Waals surface area contributed by atoms with Gasteiger partial charge in [0.25, 0.3) is 11.8 Å². The molecule has 5 rings (SSSR count). The van der Waals surface area contributed by atoms with E-state index in [1.54, 1.807) is 4.90 Å². The van der Waals surface area contributed by atoms with Crippen molar-refractivity contribution in [3.8, 4) is 0 Å². The minimum absolute atomic E-state index is 0.00895. The van der Waals surface area contributed by atoms with Crippen molar-refractivity contribution in [1.82, 2.24) is 25.0 Å². The van der Waals surface area contributed by atoms with Crippen LogP contribution in [0.1, 0.15) is 60.3 Å². The molecule has 0 radical (unpaired) electrons. The van der Waals surface area contributed by atoms with Crippen LogP contribution < -0.4 is 5.43 Å². The molecule has 2 saturated heterocycles. The molecule has 3 amide bonds. The highest BCUT2D eigenvalue weighted by Crippen LogP contribution is 2.37. The highest BCUT2D eigenvalue weighted by atomic mass is 16.5. The zero-order valence-corrected chi connectivity index (χ0v) is 17.9. The molecule has 1 aromatic rings. The number of carbonyl (C=O) groups excluding carboxylic acids is 3. The average molecular weight is 428 g/mol. The summed E-state index contributed by atoms with van der Waals surface area (Å²) in [5.74, 6) is -0.251. The van der Waals surface area contributed by atoms with Gasteiger partial charge in [-0.1, -0.05) is 0 Å². The Balaban J connectivity index is 1.27. The lowest BCUT2D eigenvalue weighted by atomic mass is 9.83. The van der Waals surface area contributed by atoms with Gasteiger partial charge in [-0.25, -0.2) is 5.43 Å². The summed E-state index contributed by atoms with van der Waals surface area (Å²) in [5, 5.41) is 8.49. The molecular formula is C21H28N6O4. The number of amides is 3. The van der Waals surface area contributed by atoms with Gasteiger partial charge in [0.2, 0.25) is 5.91 Å². The molecule has 1 N–H and O–H groups in total. The van der Waals surface area contributed by atoms with E-state index in [1.807, 2.05) is 16.6 Å². The number of fused-ring (bicyclic) bond motifs is 1. The number of nitrogens with one attached hydrogen (secondary N) is 1. The van der Waals surface area contributed by atoms with Gasteiger partial charge in [0, 0.05) is 63.7 Å². The van der Waals surface area contributed by atoms with E-state index >= 15 is 0 Å². The summed E-state index contributed by atoms with van der Waals surface area (Å²) in [4.78, 5) is 40.6. The van der Waals surface area contributed by atoms with Crippen LogP contribution in [0, 0.1) is 0 Å². The number of aryl methyl sites for hydroxylation is 1. The maximum atomic E-state index is 12.9. The Morgan fingerprint density at radius 2 is 1.74 bits per heavy atom. The van der Waals surface area contributed by atoms with Crippen molar-refractivity contribution in [3.63, 3.8) is 0 Å². The van der Waals surface area contributed by atoms with Crippen LogP contribution in [0.3, 0.4) is 0 Å². The summed E-state index contributed by atoms with van der Waals surface area (Å²) in [5.41, 5.74) is 4.97. The maximum absolute atomic E-state index is 12.9. The summed E-state index contributed by atoms with van der Waals surface area (Å²) < 4.78 is 8.17. The summed E-state index contributed by atoms with van der Waals surface area (Å²) >= 11 is 0. The Morgan fingerprint density at radius 1 is 1.03 bits per heavy atom. The fourth-order valence-corrected chi connectivity index (χ4v) is 5.05. The second-order valence-corrected chi connectivity index (χ2v) is 8.93. The van der Waals surface area contributed by atoms with E-state index in [4.69, 9.17) is 4.74 Å². The van der Waals surface area contributed by atoms with Crippen LogP contribution in [0.25, 0.3) is 0 Å². The van der Waals surface area contributed by atoms with Crippen molar-refractivity contribution in [3.05, 3.63) is 17.0 Å². The Hall–Kier alpha value is -2.75. The lowest BCUT2D eigenvalue weighted by Gasteiger charge is -2.44. The molecule has 10 nitrogen and oxygen atoms in total. The topological polar surface area (TPSA) is 109 Å². The maximum Gasteiger partial charge on any atom is 0.274 e. The van der Waals surface area contributed by atoms with Crippen molar-refractivity contribution >= 4 is 23.4 Å². The fraction of sp³-hybridized carbons (Fsp3) is 0.667. The van der Waals surface area contributed by atoms with Crippen molar-refractivity contribution in [1.29, 1.82) is 0 Å². The number of ether oxygens (including phenoxy) is 1. The third-order valence-electron chi connectivity index (χ3n) is 7.00. The van der Waals surface area contributed by atoms with E-state index < -0.39 is 0 Å². The zero-order valence-electron chi connectivity index (χ0n) is 17.9. The van der Waals surface area contributed by atoms with E-state index in [0.717, 1.165) is 50.0 Å². The second-order valence-electron chi connectivity index (χ2n) is 8.93. The van der Waals surface area contributed by atoms with Crippen molar-refractivity contribution < 1.29 is 19.1 Å². The van der Waals surface area contributed by atoms with Gasteiger partial charge in [0.05, 0.1) is 12.2 Å². The first-order chi connectivity index (χ1) is 15.0. The zero-order chi connectivity index (χ0) is 21.6. The van der Waals surface area contributed by atoms with Gasteiger partial charge >= 0.3 is 0 Å². The molecule has 4 aliphatic rings. The van der Waals surface area contributed by atoms with Crippen molar-refractivity contribution in [2.45, 2.75) is 57.2 Å². The molecule has 0 unspecified atom stereocenters. The summed E-state index contributed by atoms with van der Waals surface area (Å²) in [7, 11) is 1.90. The van der Waals surface area contributed by atoms with Gasteiger partial charge in [0.1, 0.15) is 5.71 Å². The van der Waals surface area contributed by atoms with Gasteiger partial charge in [-0.2, -0.15) is 10.2 Å². The number of nitrogens with zero attached hydrogens (tertiary/aromatic N) is 5. The molecule has 31 heavy (non-hydrogen) atoms. The van der Waals surface area contributed by atoms with Gasteiger partial charge < -0.3 is 14.5 Å². The summed E-state index contributed by atoms with van der Waals surface area (Å²) in [6, 6.07) is 0. The molecular weight excluding hydrogens is 400 g/mol. The second kappa shape index (κ2) is 7.74. The number of piperidine rings is 1. The van der Waals surface area contributed by atoms with Gasteiger partial charge in [-0.15, -0.1) is 0 Å². The van der Waals surface area contributed by atoms with E-state index in [1.165, 1.54) is 0 Å². The first kappa shape index (κ1) is 20.2. The first-order valence-electron chi connectivity index (χ1n) is 11.1. The molecule has 5 heterocycles. The summed E-state index contributed by atoms with van der Waals surface area (Å²) in [6.07, 6.45) is 4.92. The summed E-state index contributed by atoms with van der Waals surface area (Å²) in [6.45, 7) is 3.14. The largest absolute Gasteiger partial charge is 0.370 e. The highest BCUT2D eigenvalue weighted by Gasteiger charge is 2.43. The molecule has 0 atom stereocenters. The predicted octanol–water partition coefficient (Wildman–Crippen LogP) is 0.356. The Bertz CT molecular complexity index is 953. The fourth-order valence-electron chi connectivity index (χ4n) is 5.05. The molecule has 166 valence electrons. The van der Waals surface area contributed by atoms with Crippen LogP contribution in [0.5, 0.6) is 0 Å². The number of hydrazone groups is 1. The SMILES string of the molecule is Cn1nc(C(=O)N2CCCC2)c2c1CC1(CCN(C(=O)C3=NNC(=O)CC3)CC1)OC2. The lowest BCUT2D eigenvalue weighted by Crippen LogP contribution is -2.52. The van der Waals surface area contributed by atoms with Gasteiger partial charge in [-0.05, 0) is 25.7 Å².